The lowest BCUT2D eigenvalue weighted by Crippen LogP contribution is -2.43. The molecule has 1 amide bonds. The molecule has 0 saturated carbocycles. The highest BCUT2D eigenvalue weighted by atomic mass is 16.5. The molecule has 2 rings (SSSR count). The van der Waals surface area contributed by atoms with Gasteiger partial charge in [-0.15, -0.1) is 0 Å². The fraction of sp³-hybridized carbons (Fsp3) is 0.375. The normalized spacial score (nSPS) is 12.1. The molecule has 0 unspecified atom stereocenters. The van der Waals surface area contributed by atoms with Crippen molar-refractivity contribution >= 4 is 5.91 Å². The highest BCUT2D eigenvalue weighted by Crippen LogP contribution is 2.05. The van der Waals surface area contributed by atoms with Gasteiger partial charge in [-0.1, -0.05) is 30.3 Å². The van der Waals surface area contributed by atoms with Gasteiger partial charge in [0.1, 0.15) is 0 Å². The van der Waals surface area contributed by atoms with Crippen LogP contribution in [0.4, 0.5) is 0 Å². The molecule has 22 heavy (non-hydrogen) atoms. The summed E-state index contributed by atoms with van der Waals surface area (Å²) < 4.78 is 6.87. The molecule has 118 valence electrons. The lowest BCUT2D eigenvalue weighted by Gasteiger charge is -2.10. The van der Waals surface area contributed by atoms with Crippen LogP contribution in [0.5, 0.6) is 0 Å². The summed E-state index contributed by atoms with van der Waals surface area (Å²) in [6.07, 6.45) is 4.10. The summed E-state index contributed by atoms with van der Waals surface area (Å²) in [5.41, 5.74) is 7.90. The fourth-order valence-corrected chi connectivity index (χ4v) is 2.12. The van der Waals surface area contributed by atoms with E-state index in [4.69, 9.17) is 10.5 Å². The number of nitrogens with one attached hydrogen (secondary N) is 1. The van der Waals surface area contributed by atoms with Crippen LogP contribution in [0, 0.1) is 0 Å². The zero-order valence-electron chi connectivity index (χ0n) is 12.7. The number of imidazole rings is 1. The second-order valence-electron chi connectivity index (χ2n) is 5.12. The second kappa shape index (κ2) is 8.31. The van der Waals surface area contributed by atoms with Crippen molar-refractivity contribution in [3.8, 4) is 0 Å². The molecule has 0 saturated heterocycles. The van der Waals surface area contributed by atoms with Gasteiger partial charge in [0.05, 0.1) is 24.7 Å². The van der Waals surface area contributed by atoms with Gasteiger partial charge in [0.2, 0.25) is 5.91 Å². The van der Waals surface area contributed by atoms with Crippen molar-refractivity contribution in [2.75, 3.05) is 20.3 Å². The summed E-state index contributed by atoms with van der Waals surface area (Å²) in [5, 5.41) is 2.73. The number of rotatable bonds is 8. The highest BCUT2D eigenvalue weighted by molar-refractivity contribution is 5.81. The number of methoxy groups -OCH3 is 1. The summed E-state index contributed by atoms with van der Waals surface area (Å²) >= 11 is 0. The molecule has 1 heterocycles. The van der Waals surface area contributed by atoms with E-state index in [1.807, 2.05) is 29.0 Å². The molecule has 1 atom stereocenters. The molecule has 0 aliphatic carbocycles. The molecule has 1 aromatic heterocycles. The van der Waals surface area contributed by atoms with Crippen molar-refractivity contribution in [2.24, 2.45) is 5.73 Å². The maximum atomic E-state index is 11.8. The zero-order valence-corrected chi connectivity index (χ0v) is 12.7. The number of hydrogen-bond donors (Lipinski definition) is 2. The van der Waals surface area contributed by atoms with Crippen LogP contribution in [-0.4, -0.2) is 41.8 Å². The number of nitrogens with zero attached hydrogens (tertiary/aromatic N) is 2. The van der Waals surface area contributed by atoms with E-state index in [2.05, 4.69) is 22.4 Å². The molecule has 0 aliphatic heterocycles. The molecule has 0 bridgehead atoms. The Kier molecular flexibility index (Phi) is 6.12. The molecule has 6 nitrogen and oxygen atoms in total. The third kappa shape index (κ3) is 4.98. The van der Waals surface area contributed by atoms with Gasteiger partial charge >= 0.3 is 0 Å². The average molecular weight is 302 g/mol. The second-order valence-corrected chi connectivity index (χ2v) is 5.12. The number of hydrogen-bond acceptors (Lipinski definition) is 4. The number of carbonyl (C=O) groups is 1. The van der Waals surface area contributed by atoms with E-state index in [1.165, 1.54) is 5.56 Å². The minimum atomic E-state index is -0.600. The number of carbonyl (C=O) groups excluding carboxylic acids is 1. The maximum absolute atomic E-state index is 11.8. The Hall–Kier alpha value is -2.18. The molecule has 3 N–H and O–H groups in total. The zero-order chi connectivity index (χ0) is 15.8. The molecular formula is C16H22N4O2. The van der Waals surface area contributed by atoms with Gasteiger partial charge in [0.25, 0.3) is 0 Å². The molecular weight excluding hydrogens is 280 g/mol. The molecule has 0 spiro atoms. The Labute approximate surface area is 130 Å². The summed E-state index contributed by atoms with van der Waals surface area (Å²) in [6, 6.07) is 9.53. The van der Waals surface area contributed by atoms with Crippen LogP contribution >= 0.6 is 0 Å². The van der Waals surface area contributed by atoms with Gasteiger partial charge in [-0.3, -0.25) is 4.79 Å². The first-order chi connectivity index (χ1) is 10.7. The van der Waals surface area contributed by atoms with Crippen LogP contribution in [-0.2, 0) is 22.5 Å². The first-order valence-electron chi connectivity index (χ1n) is 7.26. The largest absolute Gasteiger partial charge is 0.383 e. The van der Waals surface area contributed by atoms with E-state index in [9.17, 15) is 4.79 Å². The summed E-state index contributed by atoms with van der Waals surface area (Å²) in [7, 11) is 1.59. The van der Waals surface area contributed by atoms with Crippen LogP contribution < -0.4 is 11.1 Å². The number of benzene rings is 1. The van der Waals surface area contributed by atoms with Crippen molar-refractivity contribution in [3.05, 3.63) is 54.1 Å². The minimum absolute atomic E-state index is 0.186. The van der Waals surface area contributed by atoms with E-state index < -0.39 is 6.04 Å². The van der Waals surface area contributed by atoms with Crippen molar-refractivity contribution in [1.82, 2.24) is 14.9 Å². The Morgan fingerprint density at radius 2 is 2.18 bits per heavy atom. The predicted octanol–water partition coefficient (Wildman–Crippen LogP) is 0.564. The molecule has 0 radical (unpaired) electrons. The Bertz CT molecular complexity index is 583. The van der Waals surface area contributed by atoms with Gasteiger partial charge in [-0.25, -0.2) is 4.98 Å². The van der Waals surface area contributed by atoms with E-state index in [0.29, 0.717) is 19.6 Å². The van der Waals surface area contributed by atoms with E-state index >= 15 is 0 Å². The molecule has 0 aliphatic rings. The van der Waals surface area contributed by atoms with Gasteiger partial charge in [-0.2, -0.15) is 0 Å². The first kappa shape index (κ1) is 16.2. The van der Waals surface area contributed by atoms with Gasteiger partial charge < -0.3 is 20.4 Å². The van der Waals surface area contributed by atoms with Crippen molar-refractivity contribution in [2.45, 2.75) is 19.0 Å². The van der Waals surface area contributed by atoms with Crippen LogP contribution in [0.15, 0.2) is 42.9 Å². The quantitative estimate of drug-likeness (QED) is 0.698. The lowest BCUT2D eigenvalue weighted by molar-refractivity contribution is -0.122. The summed E-state index contributed by atoms with van der Waals surface area (Å²) in [5.74, 6) is -0.186. The van der Waals surface area contributed by atoms with E-state index in [0.717, 1.165) is 12.2 Å². The number of nitrogens with two attached hydrogens (primary N) is 1. The first-order valence-corrected chi connectivity index (χ1v) is 7.26. The smallest absolute Gasteiger partial charge is 0.237 e. The van der Waals surface area contributed by atoms with Gasteiger partial charge in [0, 0.05) is 32.8 Å². The van der Waals surface area contributed by atoms with Crippen LogP contribution in [0.25, 0.3) is 0 Å². The summed E-state index contributed by atoms with van der Waals surface area (Å²) in [4.78, 5) is 16.1. The third-order valence-corrected chi connectivity index (χ3v) is 3.27. The maximum Gasteiger partial charge on any atom is 0.237 e. The van der Waals surface area contributed by atoms with Crippen molar-refractivity contribution in [1.29, 1.82) is 0 Å². The Morgan fingerprint density at radius 1 is 1.41 bits per heavy atom. The van der Waals surface area contributed by atoms with Crippen molar-refractivity contribution in [3.63, 3.8) is 0 Å². The fourth-order valence-electron chi connectivity index (χ4n) is 2.12. The topological polar surface area (TPSA) is 82.2 Å². The monoisotopic (exact) mass is 302 g/mol. The van der Waals surface area contributed by atoms with Crippen LogP contribution in [0.2, 0.25) is 0 Å². The van der Waals surface area contributed by atoms with E-state index in [1.54, 1.807) is 13.4 Å². The van der Waals surface area contributed by atoms with Crippen LogP contribution in [0.3, 0.4) is 0 Å². The average Bonchev–Trinajstić information content (AvgIpc) is 2.95. The molecule has 2 aromatic rings. The highest BCUT2D eigenvalue weighted by Gasteiger charge is 2.15. The Morgan fingerprint density at radius 3 is 2.91 bits per heavy atom. The Balaban J connectivity index is 1.85. The van der Waals surface area contributed by atoms with Gasteiger partial charge in [0.15, 0.2) is 0 Å². The van der Waals surface area contributed by atoms with Crippen LogP contribution in [0.1, 0.15) is 11.3 Å². The molecule has 1 aromatic carbocycles. The lowest BCUT2D eigenvalue weighted by atomic mass is 10.1. The van der Waals surface area contributed by atoms with Gasteiger partial charge in [-0.05, 0) is 5.56 Å². The van der Waals surface area contributed by atoms with Crippen molar-refractivity contribution < 1.29 is 9.53 Å². The number of amides is 1. The number of ether oxygens (including phenoxy) is 1. The SMILES string of the molecule is COCCNC(=O)[C@@H](N)Cc1cn(Cc2ccccc2)cn1. The molecule has 6 heteroatoms. The predicted molar refractivity (Wildman–Crippen MR) is 84.3 cm³/mol. The molecule has 0 fully saturated rings. The number of aromatic nitrogens is 2. The summed E-state index contributed by atoms with van der Waals surface area (Å²) in [6.45, 7) is 1.69. The van der Waals surface area contributed by atoms with E-state index in [-0.39, 0.29) is 5.91 Å². The minimum Gasteiger partial charge on any atom is -0.383 e. The standard InChI is InChI=1S/C16H22N4O2/c1-22-8-7-18-16(21)15(17)9-14-11-20(12-19-14)10-13-5-3-2-4-6-13/h2-6,11-12,15H,7-10,17H2,1H3,(H,18,21)/t15-/m0/s1. The third-order valence-electron chi connectivity index (χ3n) is 3.27.